The molecule has 1 unspecified atom stereocenters. The van der Waals surface area contributed by atoms with Gasteiger partial charge in [-0.3, -0.25) is 0 Å². The Hall–Kier alpha value is -0.610. The summed E-state index contributed by atoms with van der Waals surface area (Å²) in [7, 11) is 0. The molecule has 0 aliphatic heterocycles. The van der Waals surface area contributed by atoms with Crippen LogP contribution in [-0.4, -0.2) is 24.6 Å². The Bertz CT molecular complexity index is 426. The molecular weight excluding hydrogens is 278 g/mol. The van der Waals surface area contributed by atoms with Crippen LogP contribution in [0.25, 0.3) is 0 Å². The third-order valence-corrected chi connectivity index (χ3v) is 5.40. The van der Waals surface area contributed by atoms with E-state index in [0.717, 1.165) is 25.6 Å². The molecule has 1 aromatic heterocycles. The van der Waals surface area contributed by atoms with E-state index < -0.39 is 0 Å². The summed E-state index contributed by atoms with van der Waals surface area (Å²) in [6.45, 7) is 13.3. The smallest absolute Gasteiger partial charge is 0.185 e. The summed E-state index contributed by atoms with van der Waals surface area (Å²) in [6.07, 6.45) is 5.19. The minimum Gasteiger partial charge on any atom is -0.348 e. The Balaban J connectivity index is 2.17. The largest absolute Gasteiger partial charge is 0.348 e. The molecule has 0 spiro atoms. The molecule has 0 radical (unpaired) electrons. The van der Waals surface area contributed by atoms with Gasteiger partial charge in [-0.15, -0.1) is 11.3 Å². The average Bonchev–Trinajstić information content (AvgIpc) is 3.21. The topological polar surface area (TPSA) is 28.2 Å². The van der Waals surface area contributed by atoms with Crippen molar-refractivity contribution >= 4 is 16.5 Å². The zero-order valence-electron chi connectivity index (χ0n) is 14.1. The molecule has 1 heterocycles. The summed E-state index contributed by atoms with van der Waals surface area (Å²) in [6, 6.07) is 0. The lowest BCUT2D eigenvalue weighted by Gasteiger charge is -2.20. The normalized spacial score (nSPS) is 16.2. The number of hydrogen-bond donors (Lipinski definition) is 1. The maximum Gasteiger partial charge on any atom is 0.185 e. The highest BCUT2D eigenvalue weighted by atomic mass is 32.1. The Morgan fingerprint density at radius 1 is 1.33 bits per heavy atom. The van der Waals surface area contributed by atoms with E-state index in [1.54, 1.807) is 0 Å². The number of anilines is 1. The zero-order chi connectivity index (χ0) is 15.2. The second-order valence-corrected chi connectivity index (χ2v) is 7.35. The molecule has 2 rings (SSSR count). The van der Waals surface area contributed by atoms with Gasteiger partial charge in [-0.05, 0) is 44.1 Å². The maximum atomic E-state index is 5.04. The fraction of sp³-hybridized carbons (Fsp3) is 0.824. The van der Waals surface area contributed by atoms with Crippen molar-refractivity contribution in [3.8, 4) is 0 Å². The lowest BCUT2D eigenvalue weighted by Crippen LogP contribution is -2.26. The van der Waals surface area contributed by atoms with Crippen molar-refractivity contribution in [2.75, 3.05) is 24.5 Å². The molecule has 1 N–H and O–H groups in total. The molecule has 21 heavy (non-hydrogen) atoms. The fourth-order valence-electron chi connectivity index (χ4n) is 2.58. The molecule has 1 atom stereocenters. The van der Waals surface area contributed by atoms with E-state index in [-0.39, 0.29) is 0 Å². The van der Waals surface area contributed by atoms with Crippen LogP contribution >= 0.6 is 11.3 Å². The molecule has 1 aliphatic carbocycles. The van der Waals surface area contributed by atoms with Crippen LogP contribution < -0.4 is 10.2 Å². The standard InChI is InChI=1S/C17H31N3S/c1-5-10-20(12-14-8-9-14)17-19-16(13(4)6-2)15(21-17)11-18-7-3/h13-14,18H,5-12H2,1-4H3. The molecule has 4 heteroatoms. The molecular formula is C17H31N3S. The molecule has 0 aromatic carbocycles. The van der Waals surface area contributed by atoms with Crippen molar-refractivity contribution < 1.29 is 0 Å². The van der Waals surface area contributed by atoms with Gasteiger partial charge in [0.2, 0.25) is 0 Å². The number of hydrogen-bond acceptors (Lipinski definition) is 4. The van der Waals surface area contributed by atoms with E-state index >= 15 is 0 Å². The number of thiazole rings is 1. The highest BCUT2D eigenvalue weighted by molar-refractivity contribution is 7.15. The Kier molecular flexibility index (Phi) is 6.49. The molecule has 1 aliphatic rings. The Morgan fingerprint density at radius 2 is 2.10 bits per heavy atom. The highest BCUT2D eigenvalue weighted by Crippen LogP contribution is 2.36. The van der Waals surface area contributed by atoms with Crippen LogP contribution in [0.5, 0.6) is 0 Å². The van der Waals surface area contributed by atoms with Crippen LogP contribution in [0.3, 0.4) is 0 Å². The minimum atomic E-state index is 0.563. The molecule has 0 bridgehead atoms. The summed E-state index contributed by atoms with van der Waals surface area (Å²) < 4.78 is 0. The minimum absolute atomic E-state index is 0.563. The highest BCUT2D eigenvalue weighted by Gasteiger charge is 2.26. The average molecular weight is 310 g/mol. The first-order valence-electron chi connectivity index (χ1n) is 8.64. The predicted octanol–water partition coefficient (Wildman–Crippen LogP) is 4.39. The second kappa shape index (κ2) is 8.14. The zero-order valence-corrected chi connectivity index (χ0v) is 14.9. The van der Waals surface area contributed by atoms with Crippen LogP contribution in [0.2, 0.25) is 0 Å². The van der Waals surface area contributed by atoms with Gasteiger partial charge in [0.15, 0.2) is 5.13 Å². The number of aromatic nitrogens is 1. The van der Waals surface area contributed by atoms with Gasteiger partial charge in [-0.25, -0.2) is 4.98 Å². The van der Waals surface area contributed by atoms with E-state index in [2.05, 4.69) is 37.9 Å². The SMILES string of the molecule is CCCN(CC1CC1)c1nc(C(C)CC)c(CNCC)s1. The summed E-state index contributed by atoms with van der Waals surface area (Å²) >= 11 is 1.91. The molecule has 120 valence electrons. The van der Waals surface area contributed by atoms with Gasteiger partial charge in [0, 0.05) is 24.5 Å². The Morgan fingerprint density at radius 3 is 2.67 bits per heavy atom. The first kappa shape index (κ1) is 16.8. The third-order valence-electron chi connectivity index (χ3n) is 4.27. The summed E-state index contributed by atoms with van der Waals surface area (Å²) in [4.78, 5) is 9.01. The molecule has 1 fully saturated rings. The second-order valence-electron chi connectivity index (χ2n) is 6.28. The van der Waals surface area contributed by atoms with Gasteiger partial charge in [0.25, 0.3) is 0 Å². The van der Waals surface area contributed by atoms with Crippen molar-refractivity contribution in [1.29, 1.82) is 0 Å². The summed E-state index contributed by atoms with van der Waals surface area (Å²) in [5.74, 6) is 1.48. The molecule has 1 aromatic rings. The van der Waals surface area contributed by atoms with E-state index in [4.69, 9.17) is 4.98 Å². The van der Waals surface area contributed by atoms with Gasteiger partial charge >= 0.3 is 0 Å². The molecule has 1 saturated carbocycles. The lowest BCUT2D eigenvalue weighted by atomic mass is 10.0. The van der Waals surface area contributed by atoms with Crippen molar-refractivity contribution in [2.24, 2.45) is 5.92 Å². The van der Waals surface area contributed by atoms with Gasteiger partial charge in [0.05, 0.1) is 5.69 Å². The quantitative estimate of drug-likeness (QED) is 0.694. The molecule has 3 nitrogen and oxygen atoms in total. The van der Waals surface area contributed by atoms with E-state index in [1.807, 2.05) is 11.3 Å². The summed E-state index contributed by atoms with van der Waals surface area (Å²) in [5, 5.41) is 4.73. The summed E-state index contributed by atoms with van der Waals surface area (Å²) in [5.41, 5.74) is 1.33. The Labute approximate surface area is 134 Å². The van der Waals surface area contributed by atoms with Crippen molar-refractivity contribution in [2.45, 2.75) is 65.8 Å². The van der Waals surface area contributed by atoms with E-state index in [9.17, 15) is 0 Å². The van der Waals surface area contributed by atoms with Crippen LogP contribution in [0.15, 0.2) is 0 Å². The first-order chi connectivity index (χ1) is 10.2. The fourth-order valence-corrected chi connectivity index (χ4v) is 3.76. The van der Waals surface area contributed by atoms with Gasteiger partial charge in [-0.1, -0.05) is 27.7 Å². The van der Waals surface area contributed by atoms with Crippen LogP contribution in [0, 0.1) is 5.92 Å². The van der Waals surface area contributed by atoms with Crippen LogP contribution in [0.1, 0.15) is 69.9 Å². The number of nitrogens with one attached hydrogen (secondary N) is 1. The van der Waals surface area contributed by atoms with Gasteiger partial charge in [0.1, 0.15) is 0 Å². The molecule has 0 amide bonds. The first-order valence-corrected chi connectivity index (χ1v) is 9.46. The van der Waals surface area contributed by atoms with Gasteiger partial charge in [-0.2, -0.15) is 0 Å². The van der Waals surface area contributed by atoms with Crippen LogP contribution in [0.4, 0.5) is 5.13 Å². The van der Waals surface area contributed by atoms with Gasteiger partial charge < -0.3 is 10.2 Å². The van der Waals surface area contributed by atoms with Crippen molar-refractivity contribution in [3.05, 3.63) is 10.6 Å². The molecule has 0 saturated heterocycles. The number of nitrogens with zero attached hydrogens (tertiary/aromatic N) is 2. The lowest BCUT2D eigenvalue weighted by molar-refractivity contribution is 0.670. The van der Waals surface area contributed by atoms with Crippen molar-refractivity contribution in [1.82, 2.24) is 10.3 Å². The van der Waals surface area contributed by atoms with E-state index in [1.165, 1.54) is 47.9 Å². The number of rotatable bonds is 10. The maximum absolute atomic E-state index is 5.04. The monoisotopic (exact) mass is 309 g/mol. The van der Waals surface area contributed by atoms with Crippen molar-refractivity contribution in [3.63, 3.8) is 0 Å². The third kappa shape index (κ3) is 4.68. The van der Waals surface area contributed by atoms with E-state index in [0.29, 0.717) is 5.92 Å². The predicted molar refractivity (Wildman–Crippen MR) is 93.4 cm³/mol. The van der Waals surface area contributed by atoms with Crippen LogP contribution in [-0.2, 0) is 6.54 Å².